The lowest BCUT2D eigenvalue weighted by Crippen LogP contribution is -2.49. The minimum Gasteiger partial charge on any atom is -0.314 e. The highest BCUT2D eigenvalue weighted by Crippen LogP contribution is 2.13. The molecule has 0 aliphatic carbocycles. The summed E-state index contributed by atoms with van der Waals surface area (Å²) in [5.41, 5.74) is 1.26. The van der Waals surface area contributed by atoms with Gasteiger partial charge >= 0.3 is 0 Å². The molecule has 1 atom stereocenters. The molecule has 0 amide bonds. The molecule has 1 aliphatic rings. The Bertz CT molecular complexity index is 439. The second kappa shape index (κ2) is 5.26. The number of benzene rings is 1. The van der Waals surface area contributed by atoms with Crippen LogP contribution < -0.4 is 5.32 Å². The Hall–Kier alpha value is -1.44. The summed E-state index contributed by atoms with van der Waals surface area (Å²) in [6.07, 6.45) is 0. The minimum atomic E-state index is -0.332. The van der Waals surface area contributed by atoms with Gasteiger partial charge in [0.1, 0.15) is 5.82 Å². The van der Waals surface area contributed by atoms with Crippen molar-refractivity contribution in [1.29, 1.82) is 5.26 Å². The van der Waals surface area contributed by atoms with Crippen molar-refractivity contribution in [3.05, 3.63) is 35.1 Å². The van der Waals surface area contributed by atoms with Crippen molar-refractivity contribution in [2.24, 2.45) is 0 Å². The lowest BCUT2D eigenvalue weighted by atomic mass is 10.1. The van der Waals surface area contributed by atoms with Crippen molar-refractivity contribution in [2.75, 3.05) is 19.6 Å². The van der Waals surface area contributed by atoms with Crippen molar-refractivity contribution in [2.45, 2.75) is 19.5 Å². The summed E-state index contributed by atoms with van der Waals surface area (Å²) >= 11 is 0. The number of nitrogens with one attached hydrogen (secondary N) is 1. The normalized spacial score (nSPS) is 21.1. The van der Waals surface area contributed by atoms with Crippen LogP contribution in [0.3, 0.4) is 0 Å². The average Bonchev–Trinajstić information content (AvgIpc) is 2.31. The second-order valence-electron chi connectivity index (χ2n) is 4.48. The van der Waals surface area contributed by atoms with Crippen LogP contribution in [-0.4, -0.2) is 30.6 Å². The molecule has 17 heavy (non-hydrogen) atoms. The number of nitriles is 1. The van der Waals surface area contributed by atoms with E-state index in [2.05, 4.69) is 17.1 Å². The van der Waals surface area contributed by atoms with Crippen LogP contribution in [0.1, 0.15) is 18.1 Å². The number of hydrogen-bond donors (Lipinski definition) is 1. The van der Waals surface area contributed by atoms with Crippen LogP contribution in [0, 0.1) is 17.1 Å². The van der Waals surface area contributed by atoms with Crippen LogP contribution >= 0.6 is 0 Å². The Morgan fingerprint density at radius 3 is 3.06 bits per heavy atom. The largest absolute Gasteiger partial charge is 0.314 e. The number of nitrogens with zero attached hydrogens (tertiary/aromatic N) is 2. The lowest BCUT2D eigenvalue weighted by molar-refractivity contribution is 0.165. The molecular formula is C13H16FN3. The molecule has 0 bridgehead atoms. The van der Waals surface area contributed by atoms with Gasteiger partial charge in [0.2, 0.25) is 0 Å². The highest BCUT2D eigenvalue weighted by Gasteiger charge is 2.18. The molecule has 2 rings (SSSR count). The van der Waals surface area contributed by atoms with Gasteiger partial charge in [-0.1, -0.05) is 0 Å². The molecule has 1 saturated heterocycles. The van der Waals surface area contributed by atoms with Gasteiger partial charge in [-0.3, -0.25) is 4.90 Å². The van der Waals surface area contributed by atoms with Crippen LogP contribution in [0.25, 0.3) is 0 Å². The van der Waals surface area contributed by atoms with Crippen molar-refractivity contribution >= 4 is 0 Å². The van der Waals surface area contributed by atoms with Crippen molar-refractivity contribution in [1.82, 2.24) is 10.2 Å². The summed E-state index contributed by atoms with van der Waals surface area (Å²) in [7, 11) is 0. The van der Waals surface area contributed by atoms with Gasteiger partial charge in [-0.05, 0) is 30.7 Å². The highest BCUT2D eigenvalue weighted by molar-refractivity contribution is 5.33. The van der Waals surface area contributed by atoms with Gasteiger partial charge in [0.25, 0.3) is 0 Å². The van der Waals surface area contributed by atoms with E-state index in [-0.39, 0.29) is 5.82 Å². The van der Waals surface area contributed by atoms with E-state index >= 15 is 0 Å². The first-order valence-corrected chi connectivity index (χ1v) is 5.83. The first kappa shape index (κ1) is 12.0. The summed E-state index contributed by atoms with van der Waals surface area (Å²) in [5, 5.41) is 12.1. The van der Waals surface area contributed by atoms with Gasteiger partial charge in [-0.25, -0.2) is 4.39 Å². The van der Waals surface area contributed by atoms with Gasteiger partial charge in [0.05, 0.1) is 11.6 Å². The van der Waals surface area contributed by atoms with Crippen LogP contribution in [-0.2, 0) is 6.54 Å². The summed E-state index contributed by atoms with van der Waals surface area (Å²) in [4.78, 5) is 2.30. The zero-order valence-corrected chi connectivity index (χ0v) is 9.91. The molecule has 0 aromatic heterocycles. The third-order valence-corrected chi connectivity index (χ3v) is 3.11. The monoisotopic (exact) mass is 233 g/mol. The maximum atomic E-state index is 13.3. The van der Waals surface area contributed by atoms with E-state index in [1.54, 1.807) is 6.07 Å². The third kappa shape index (κ3) is 3.02. The van der Waals surface area contributed by atoms with Crippen LogP contribution in [0.15, 0.2) is 18.2 Å². The minimum absolute atomic E-state index is 0.332. The molecule has 1 aromatic rings. The van der Waals surface area contributed by atoms with Crippen molar-refractivity contribution in [3.8, 4) is 6.07 Å². The molecule has 3 nitrogen and oxygen atoms in total. The zero-order valence-electron chi connectivity index (χ0n) is 9.91. The predicted molar refractivity (Wildman–Crippen MR) is 63.9 cm³/mol. The molecule has 1 heterocycles. The summed E-state index contributed by atoms with van der Waals surface area (Å²) in [5.74, 6) is -0.332. The van der Waals surface area contributed by atoms with E-state index < -0.39 is 0 Å². The Labute approximate surface area is 101 Å². The van der Waals surface area contributed by atoms with Crippen LogP contribution in [0.2, 0.25) is 0 Å². The molecule has 0 radical (unpaired) electrons. The molecular weight excluding hydrogens is 217 g/mol. The summed E-state index contributed by atoms with van der Waals surface area (Å²) < 4.78 is 13.3. The molecule has 4 heteroatoms. The van der Waals surface area contributed by atoms with Gasteiger partial charge < -0.3 is 5.32 Å². The average molecular weight is 233 g/mol. The second-order valence-corrected chi connectivity index (χ2v) is 4.48. The SMILES string of the molecule is C[C@@H]1CNCCN1Cc1cc(F)cc(C#N)c1. The van der Waals surface area contributed by atoms with E-state index in [1.165, 1.54) is 12.1 Å². The van der Waals surface area contributed by atoms with Gasteiger partial charge in [-0.15, -0.1) is 0 Å². The molecule has 1 fully saturated rings. The van der Waals surface area contributed by atoms with Crippen molar-refractivity contribution < 1.29 is 4.39 Å². The fourth-order valence-electron chi connectivity index (χ4n) is 2.16. The molecule has 0 saturated carbocycles. The first-order chi connectivity index (χ1) is 8.19. The molecule has 1 N–H and O–H groups in total. The fourth-order valence-corrected chi connectivity index (χ4v) is 2.16. The Kier molecular flexibility index (Phi) is 3.72. The first-order valence-electron chi connectivity index (χ1n) is 5.83. The third-order valence-electron chi connectivity index (χ3n) is 3.11. The van der Waals surface area contributed by atoms with E-state index in [9.17, 15) is 4.39 Å². The maximum absolute atomic E-state index is 13.3. The standard InChI is InChI=1S/C13H16FN3/c1-10-8-16-2-3-17(10)9-12-4-11(7-15)5-13(14)6-12/h4-6,10,16H,2-3,8-9H2,1H3/t10-/m1/s1. The smallest absolute Gasteiger partial charge is 0.124 e. The van der Waals surface area contributed by atoms with E-state index in [4.69, 9.17) is 5.26 Å². The van der Waals surface area contributed by atoms with E-state index in [0.29, 0.717) is 18.2 Å². The van der Waals surface area contributed by atoms with Gasteiger partial charge in [0, 0.05) is 32.2 Å². The van der Waals surface area contributed by atoms with Gasteiger partial charge in [-0.2, -0.15) is 5.26 Å². The summed E-state index contributed by atoms with van der Waals surface area (Å²) in [6.45, 7) is 5.73. The Morgan fingerprint density at radius 2 is 2.35 bits per heavy atom. The number of hydrogen-bond acceptors (Lipinski definition) is 3. The van der Waals surface area contributed by atoms with Crippen LogP contribution in [0.5, 0.6) is 0 Å². The fraction of sp³-hybridized carbons (Fsp3) is 0.462. The molecule has 90 valence electrons. The zero-order chi connectivity index (χ0) is 12.3. The highest BCUT2D eigenvalue weighted by atomic mass is 19.1. The Balaban J connectivity index is 2.12. The molecule has 0 spiro atoms. The summed E-state index contributed by atoms with van der Waals surface area (Å²) in [6, 6.07) is 6.97. The van der Waals surface area contributed by atoms with Crippen LogP contribution in [0.4, 0.5) is 4.39 Å². The predicted octanol–water partition coefficient (Wildman–Crippen LogP) is 1.49. The topological polar surface area (TPSA) is 39.1 Å². The number of halogens is 1. The number of piperazine rings is 1. The van der Waals surface area contributed by atoms with Crippen molar-refractivity contribution in [3.63, 3.8) is 0 Å². The quantitative estimate of drug-likeness (QED) is 0.841. The van der Waals surface area contributed by atoms with E-state index in [0.717, 1.165) is 25.2 Å². The number of rotatable bonds is 2. The Morgan fingerprint density at radius 1 is 1.53 bits per heavy atom. The van der Waals surface area contributed by atoms with E-state index in [1.807, 2.05) is 6.07 Å². The molecule has 1 aliphatic heterocycles. The molecule has 1 aromatic carbocycles. The lowest BCUT2D eigenvalue weighted by Gasteiger charge is -2.33. The van der Waals surface area contributed by atoms with Gasteiger partial charge in [0.15, 0.2) is 0 Å². The molecule has 0 unspecified atom stereocenters. The maximum Gasteiger partial charge on any atom is 0.124 e.